The van der Waals surface area contributed by atoms with Crippen molar-refractivity contribution < 1.29 is 9.53 Å². The van der Waals surface area contributed by atoms with Gasteiger partial charge in [-0.1, -0.05) is 42.8 Å². The van der Waals surface area contributed by atoms with E-state index >= 15 is 0 Å². The predicted octanol–water partition coefficient (Wildman–Crippen LogP) is 2.72. The molecule has 1 heterocycles. The number of nitrogens with one attached hydrogen (secondary N) is 1. The summed E-state index contributed by atoms with van der Waals surface area (Å²) in [5.41, 5.74) is 3.27. The second-order valence-electron chi connectivity index (χ2n) is 5.24. The number of benzene rings is 1. The summed E-state index contributed by atoms with van der Waals surface area (Å²) in [5.74, 6) is 0.243. The summed E-state index contributed by atoms with van der Waals surface area (Å²) >= 11 is 0. The third-order valence-corrected chi connectivity index (χ3v) is 3.75. The Morgan fingerprint density at radius 3 is 2.75 bits per heavy atom. The molecule has 1 fully saturated rings. The van der Waals surface area contributed by atoms with Gasteiger partial charge in [0.1, 0.15) is 0 Å². The Balaban J connectivity index is 2.29. The molecule has 0 spiro atoms. The topological polar surface area (TPSA) is 38.3 Å². The summed E-state index contributed by atoms with van der Waals surface area (Å²) in [7, 11) is 0. The molecule has 1 aromatic rings. The largest absolute Gasteiger partial charge is 0.463 e. The van der Waals surface area contributed by atoms with Gasteiger partial charge in [0, 0.05) is 18.5 Å². The molecule has 3 heteroatoms. The second-order valence-corrected chi connectivity index (χ2v) is 5.24. The predicted molar refractivity (Wildman–Crippen MR) is 80.5 cm³/mol. The highest BCUT2D eigenvalue weighted by Crippen LogP contribution is 2.25. The summed E-state index contributed by atoms with van der Waals surface area (Å²) < 4.78 is 5.26. The van der Waals surface area contributed by atoms with Crippen LogP contribution in [0.1, 0.15) is 25.8 Å². The van der Waals surface area contributed by atoms with Crippen LogP contribution < -0.4 is 5.32 Å². The maximum absolute atomic E-state index is 12.3. The molecule has 108 valence electrons. The van der Waals surface area contributed by atoms with Crippen molar-refractivity contribution in [3.05, 3.63) is 47.0 Å². The molecule has 1 saturated heterocycles. The molecule has 0 saturated carbocycles. The number of hydrogen-bond donors (Lipinski definition) is 1. The number of hydrogen-bond acceptors (Lipinski definition) is 3. The van der Waals surface area contributed by atoms with Crippen molar-refractivity contribution in [2.24, 2.45) is 5.92 Å². The van der Waals surface area contributed by atoms with Gasteiger partial charge in [0.05, 0.1) is 6.61 Å². The quantitative estimate of drug-likeness (QED) is 0.677. The van der Waals surface area contributed by atoms with Crippen LogP contribution in [0.25, 0.3) is 0 Å². The molecule has 20 heavy (non-hydrogen) atoms. The molecule has 0 bridgehead atoms. The van der Waals surface area contributed by atoms with Gasteiger partial charge >= 0.3 is 5.97 Å². The van der Waals surface area contributed by atoms with E-state index in [1.807, 2.05) is 25.1 Å². The lowest BCUT2D eigenvalue weighted by Crippen LogP contribution is -2.32. The standard InChI is InChI=1S/C17H23NO2/c1-3-20-17(19)16(11-14-7-5-4-6-8-14)15-9-10-18-12-13(15)2/h4-8,13,18H,3,9-12H2,1-2H3. The van der Waals surface area contributed by atoms with Crippen molar-refractivity contribution >= 4 is 5.97 Å². The van der Waals surface area contributed by atoms with Crippen LogP contribution in [0.4, 0.5) is 0 Å². The van der Waals surface area contributed by atoms with Crippen LogP contribution in [0.2, 0.25) is 0 Å². The highest BCUT2D eigenvalue weighted by molar-refractivity contribution is 5.90. The molecule has 1 unspecified atom stereocenters. The van der Waals surface area contributed by atoms with Crippen molar-refractivity contribution in [2.75, 3.05) is 19.7 Å². The van der Waals surface area contributed by atoms with Gasteiger partial charge in [-0.3, -0.25) is 0 Å². The Kier molecular flexibility index (Phi) is 5.36. The molecule has 1 aliphatic rings. The van der Waals surface area contributed by atoms with Crippen LogP contribution >= 0.6 is 0 Å². The number of esters is 1. The minimum atomic E-state index is -0.153. The van der Waals surface area contributed by atoms with Gasteiger partial charge in [-0.05, 0) is 31.4 Å². The SMILES string of the molecule is CCOC(=O)C(Cc1ccccc1)=C1CCNCC1C. The molecule has 0 aromatic heterocycles. The molecule has 0 radical (unpaired) electrons. The fourth-order valence-corrected chi connectivity index (χ4v) is 2.69. The van der Waals surface area contributed by atoms with E-state index < -0.39 is 0 Å². The van der Waals surface area contributed by atoms with Crippen molar-refractivity contribution in [1.82, 2.24) is 5.32 Å². The van der Waals surface area contributed by atoms with Gasteiger partial charge < -0.3 is 10.1 Å². The van der Waals surface area contributed by atoms with E-state index in [1.54, 1.807) is 0 Å². The van der Waals surface area contributed by atoms with Crippen molar-refractivity contribution in [3.63, 3.8) is 0 Å². The smallest absolute Gasteiger partial charge is 0.334 e. The maximum atomic E-state index is 12.3. The summed E-state index contributed by atoms with van der Waals surface area (Å²) in [6.07, 6.45) is 1.60. The van der Waals surface area contributed by atoms with Gasteiger partial charge in [0.2, 0.25) is 0 Å². The van der Waals surface area contributed by atoms with Gasteiger partial charge in [-0.2, -0.15) is 0 Å². The highest BCUT2D eigenvalue weighted by Gasteiger charge is 2.23. The van der Waals surface area contributed by atoms with Crippen molar-refractivity contribution in [2.45, 2.75) is 26.7 Å². The fraction of sp³-hybridized carbons (Fsp3) is 0.471. The lowest BCUT2D eigenvalue weighted by atomic mass is 9.87. The summed E-state index contributed by atoms with van der Waals surface area (Å²) in [6.45, 7) is 6.34. The molecule has 1 N–H and O–H groups in total. The van der Waals surface area contributed by atoms with Crippen LogP contribution in [0, 0.1) is 5.92 Å². The number of carbonyl (C=O) groups excluding carboxylic acids is 1. The van der Waals surface area contributed by atoms with E-state index in [4.69, 9.17) is 4.74 Å². The zero-order valence-electron chi connectivity index (χ0n) is 12.3. The Bertz CT molecular complexity index is 479. The first-order valence-electron chi connectivity index (χ1n) is 7.36. The van der Waals surface area contributed by atoms with Gasteiger partial charge in [-0.15, -0.1) is 0 Å². The lowest BCUT2D eigenvalue weighted by Gasteiger charge is -2.26. The minimum Gasteiger partial charge on any atom is -0.463 e. The number of rotatable bonds is 4. The monoisotopic (exact) mass is 273 g/mol. The van der Waals surface area contributed by atoms with Crippen LogP contribution in [0.15, 0.2) is 41.5 Å². The molecule has 0 amide bonds. The average Bonchev–Trinajstić information content (AvgIpc) is 2.47. The van der Waals surface area contributed by atoms with Gasteiger partial charge in [0.15, 0.2) is 0 Å². The molecular weight excluding hydrogens is 250 g/mol. The van der Waals surface area contributed by atoms with Crippen molar-refractivity contribution in [3.8, 4) is 0 Å². The van der Waals surface area contributed by atoms with Crippen molar-refractivity contribution in [1.29, 1.82) is 0 Å². The van der Waals surface area contributed by atoms with Gasteiger partial charge in [0.25, 0.3) is 0 Å². The van der Waals surface area contributed by atoms with E-state index in [-0.39, 0.29) is 5.97 Å². The molecular formula is C17H23NO2. The molecule has 0 aliphatic carbocycles. The van der Waals surface area contributed by atoms with E-state index in [2.05, 4.69) is 24.4 Å². The number of ether oxygens (including phenoxy) is 1. The number of piperidine rings is 1. The van der Waals surface area contributed by atoms with Crippen LogP contribution in [-0.4, -0.2) is 25.7 Å². The van der Waals surface area contributed by atoms with Crippen LogP contribution in [0.3, 0.4) is 0 Å². The normalized spacial score (nSPS) is 21.4. The zero-order chi connectivity index (χ0) is 14.4. The Morgan fingerprint density at radius 2 is 2.10 bits per heavy atom. The first-order chi connectivity index (χ1) is 9.72. The minimum absolute atomic E-state index is 0.153. The third-order valence-electron chi connectivity index (χ3n) is 3.75. The Hall–Kier alpha value is -1.61. The van der Waals surface area contributed by atoms with E-state index in [0.29, 0.717) is 18.9 Å². The van der Waals surface area contributed by atoms with Gasteiger partial charge in [-0.25, -0.2) is 4.79 Å². The fourth-order valence-electron chi connectivity index (χ4n) is 2.69. The first-order valence-corrected chi connectivity index (χ1v) is 7.36. The highest BCUT2D eigenvalue weighted by atomic mass is 16.5. The lowest BCUT2D eigenvalue weighted by molar-refractivity contribution is -0.138. The van der Waals surface area contributed by atoms with Crippen LogP contribution in [0.5, 0.6) is 0 Å². The van der Waals surface area contributed by atoms with Crippen LogP contribution in [-0.2, 0) is 16.0 Å². The maximum Gasteiger partial charge on any atom is 0.334 e. The zero-order valence-corrected chi connectivity index (χ0v) is 12.3. The number of carbonyl (C=O) groups is 1. The third kappa shape index (κ3) is 3.70. The average molecular weight is 273 g/mol. The van der Waals surface area contributed by atoms with E-state index in [0.717, 1.165) is 30.6 Å². The summed E-state index contributed by atoms with van der Waals surface area (Å²) in [6, 6.07) is 10.1. The molecule has 2 rings (SSSR count). The van der Waals surface area contributed by atoms with E-state index in [1.165, 1.54) is 5.57 Å². The first kappa shape index (κ1) is 14.8. The molecule has 1 aliphatic heterocycles. The second kappa shape index (κ2) is 7.25. The molecule has 3 nitrogen and oxygen atoms in total. The Morgan fingerprint density at radius 1 is 1.35 bits per heavy atom. The summed E-state index contributed by atoms with van der Waals surface area (Å²) in [4.78, 5) is 12.3. The molecule has 1 aromatic carbocycles. The molecule has 1 atom stereocenters. The van der Waals surface area contributed by atoms with E-state index in [9.17, 15) is 4.79 Å². The summed E-state index contributed by atoms with van der Waals surface area (Å²) in [5, 5.41) is 3.37. The Labute approximate surface area is 121 Å².